The highest BCUT2D eigenvalue weighted by molar-refractivity contribution is 5.83. The summed E-state index contributed by atoms with van der Waals surface area (Å²) in [6.45, 7) is 6.87. The van der Waals surface area contributed by atoms with Crippen LogP contribution < -0.4 is 0 Å². The molecule has 27 heavy (non-hydrogen) atoms. The predicted octanol–water partition coefficient (Wildman–Crippen LogP) is 4.22. The Morgan fingerprint density at radius 2 is 1.93 bits per heavy atom. The summed E-state index contributed by atoms with van der Waals surface area (Å²) in [5.41, 5.74) is -0.882. The van der Waals surface area contributed by atoms with Crippen LogP contribution in [0.3, 0.4) is 0 Å². The van der Waals surface area contributed by atoms with Gasteiger partial charge in [0.15, 0.2) is 0 Å². The van der Waals surface area contributed by atoms with Gasteiger partial charge in [-0.2, -0.15) is 0 Å². The Kier molecular flexibility index (Phi) is 11.5. The minimum atomic E-state index is -0.882. The van der Waals surface area contributed by atoms with Gasteiger partial charge in [-0.15, -0.1) is 0 Å². The van der Waals surface area contributed by atoms with Crippen molar-refractivity contribution in [1.82, 2.24) is 0 Å². The first-order chi connectivity index (χ1) is 12.9. The summed E-state index contributed by atoms with van der Waals surface area (Å²) in [4.78, 5) is 22.9. The van der Waals surface area contributed by atoms with Crippen molar-refractivity contribution in [3.63, 3.8) is 0 Å². The number of ketones is 1. The number of ether oxygens (including phenoxy) is 2. The lowest BCUT2D eigenvalue weighted by Gasteiger charge is -2.21. The monoisotopic (exact) mass is 382 g/mol. The summed E-state index contributed by atoms with van der Waals surface area (Å²) in [7, 11) is 0. The highest BCUT2D eigenvalue weighted by atomic mass is 16.5. The molecule has 1 rings (SSSR count). The molecule has 1 N–H and O–H groups in total. The van der Waals surface area contributed by atoms with Gasteiger partial charge in [0, 0.05) is 38.9 Å². The van der Waals surface area contributed by atoms with Crippen molar-refractivity contribution in [2.75, 3.05) is 19.8 Å². The minimum absolute atomic E-state index is 0.102. The number of carbonyl (C=O) groups is 2. The van der Waals surface area contributed by atoms with Crippen LogP contribution in [0.2, 0.25) is 0 Å². The summed E-state index contributed by atoms with van der Waals surface area (Å²) in [6.07, 6.45) is 12.2. The lowest BCUT2D eigenvalue weighted by atomic mass is 9.88. The van der Waals surface area contributed by atoms with Crippen LogP contribution in [-0.2, 0) is 19.1 Å². The van der Waals surface area contributed by atoms with Gasteiger partial charge in [0.1, 0.15) is 5.78 Å². The first-order valence-corrected chi connectivity index (χ1v) is 10.5. The van der Waals surface area contributed by atoms with Crippen molar-refractivity contribution in [3.8, 4) is 0 Å². The number of hydrogen-bond donors (Lipinski definition) is 1. The largest absolute Gasteiger partial charge is 0.466 e. The maximum absolute atomic E-state index is 12.2. The van der Waals surface area contributed by atoms with Gasteiger partial charge in [-0.05, 0) is 39.0 Å². The molecule has 3 unspecified atom stereocenters. The zero-order valence-corrected chi connectivity index (χ0v) is 17.4. The van der Waals surface area contributed by atoms with Gasteiger partial charge >= 0.3 is 5.97 Å². The van der Waals surface area contributed by atoms with Crippen LogP contribution in [0.25, 0.3) is 0 Å². The molecule has 5 nitrogen and oxygen atoms in total. The molecule has 0 saturated heterocycles. The van der Waals surface area contributed by atoms with Crippen molar-refractivity contribution in [2.24, 2.45) is 11.8 Å². The maximum Gasteiger partial charge on any atom is 0.302 e. The Morgan fingerprint density at radius 3 is 2.63 bits per heavy atom. The molecular weight excluding hydrogens is 344 g/mol. The van der Waals surface area contributed by atoms with Crippen molar-refractivity contribution in [3.05, 3.63) is 12.2 Å². The zero-order chi connectivity index (χ0) is 20.1. The lowest BCUT2D eigenvalue weighted by molar-refractivity contribution is -0.141. The molecule has 0 aliphatic heterocycles. The molecule has 0 amide bonds. The zero-order valence-electron chi connectivity index (χ0n) is 17.4. The third-order valence-electron chi connectivity index (χ3n) is 5.28. The molecule has 1 aliphatic rings. The quantitative estimate of drug-likeness (QED) is 0.277. The Morgan fingerprint density at radius 1 is 1.22 bits per heavy atom. The van der Waals surface area contributed by atoms with E-state index in [-0.39, 0.29) is 17.8 Å². The summed E-state index contributed by atoms with van der Waals surface area (Å²) in [5.74, 6) is 0.504. The molecule has 3 atom stereocenters. The van der Waals surface area contributed by atoms with E-state index in [1.54, 1.807) is 6.92 Å². The Hall–Kier alpha value is -1.20. The normalized spacial score (nSPS) is 22.3. The topological polar surface area (TPSA) is 72.8 Å². The number of rotatable bonds is 14. The molecule has 156 valence electrons. The van der Waals surface area contributed by atoms with E-state index in [0.717, 1.165) is 44.9 Å². The van der Waals surface area contributed by atoms with Crippen LogP contribution >= 0.6 is 0 Å². The molecule has 0 spiro atoms. The smallest absolute Gasteiger partial charge is 0.302 e. The molecule has 0 aromatic rings. The van der Waals surface area contributed by atoms with E-state index >= 15 is 0 Å². The molecule has 0 heterocycles. The fraction of sp³-hybridized carbons (Fsp3) is 0.818. The van der Waals surface area contributed by atoms with Gasteiger partial charge in [-0.25, -0.2) is 0 Å². The van der Waals surface area contributed by atoms with Gasteiger partial charge < -0.3 is 14.6 Å². The molecule has 1 fully saturated rings. The van der Waals surface area contributed by atoms with Crippen LogP contribution in [0.1, 0.15) is 78.6 Å². The minimum Gasteiger partial charge on any atom is -0.466 e. The number of aliphatic hydroxyl groups is 1. The third-order valence-corrected chi connectivity index (χ3v) is 5.28. The van der Waals surface area contributed by atoms with Crippen molar-refractivity contribution >= 4 is 11.8 Å². The molecule has 0 aromatic heterocycles. The van der Waals surface area contributed by atoms with Gasteiger partial charge in [-0.1, -0.05) is 37.8 Å². The van der Waals surface area contributed by atoms with Gasteiger partial charge in [0.05, 0.1) is 12.2 Å². The summed E-state index contributed by atoms with van der Waals surface area (Å²) in [5, 5.41) is 10.4. The van der Waals surface area contributed by atoms with Gasteiger partial charge in [-0.3, -0.25) is 9.59 Å². The second kappa shape index (κ2) is 13.1. The molecule has 0 bridgehead atoms. The van der Waals surface area contributed by atoms with E-state index in [1.165, 1.54) is 6.92 Å². The molecule has 5 heteroatoms. The van der Waals surface area contributed by atoms with Crippen molar-refractivity contribution < 1.29 is 24.2 Å². The van der Waals surface area contributed by atoms with Crippen molar-refractivity contribution in [2.45, 2.75) is 84.2 Å². The average molecular weight is 383 g/mol. The van der Waals surface area contributed by atoms with E-state index in [2.05, 4.69) is 6.08 Å². The fourth-order valence-electron chi connectivity index (χ4n) is 3.59. The summed E-state index contributed by atoms with van der Waals surface area (Å²) in [6, 6.07) is 0. The summed E-state index contributed by atoms with van der Waals surface area (Å²) >= 11 is 0. The van der Waals surface area contributed by atoms with E-state index in [4.69, 9.17) is 9.47 Å². The van der Waals surface area contributed by atoms with Crippen LogP contribution in [0.15, 0.2) is 12.2 Å². The Bertz CT molecular complexity index is 469. The second-order valence-electron chi connectivity index (χ2n) is 7.84. The third kappa shape index (κ3) is 10.6. The molecule has 1 saturated carbocycles. The number of allylic oxidation sites excluding steroid dienone is 1. The number of unbranched alkanes of at least 4 members (excludes halogenated alkanes) is 4. The van der Waals surface area contributed by atoms with Crippen LogP contribution in [0.4, 0.5) is 0 Å². The summed E-state index contributed by atoms with van der Waals surface area (Å²) < 4.78 is 10.2. The standard InChI is InChI=1S/C22H38O5/c1-4-26-17-15-22(3,25)14-13-19-11-12-21(24)20(19)10-8-6-5-7-9-16-27-18(2)23/h13-14,19-20,25H,4-12,15-17H2,1-3H3. The first-order valence-electron chi connectivity index (χ1n) is 10.5. The molecular formula is C22H38O5. The number of carbonyl (C=O) groups excluding carboxylic acids is 2. The van der Waals surface area contributed by atoms with E-state index in [1.807, 2.05) is 13.0 Å². The van der Waals surface area contributed by atoms with Crippen LogP contribution in [-0.4, -0.2) is 42.3 Å². The number of Topliss-reactive ketones (excluding diaryl/α,β-unsaturated/α-hetero) is 1. The molecule has 0 radical (unpaired) electrons. The van der Waals surface area contributed by atoms with E-state index < -0.39 is 5.60 Å². The first kappa shape index (κ1) is 23.8. The lowest BCUT2D eigenvalue weighted by Crippen LogP contribution is -2.24. The van der Waals surface area contributed by atoms with E-state index in [0.29, 0.717) is 38.4 Å². The fourth-order valence-corrected chi connectivity index (χ4v) is 3.59. The highest BCUT2D eigenvalue weighted by Gasteiger charge is 2.32. The molecule has 1 aliphatic carbocycles. The van der Waals surface area contributed by atoms with Crippen LogP contribution in [0, 0.1) is 11.8 Å². The Balaban J connectivity index is 2.29. The predicted molar refractivity (Wildman–Crippen MR) is 106 cm³/mol. The SMILES string of the molecule is CCOCCC(C)(O)C=CC1CCC(=O)C1CCCCCCCOC(C)=O. The maximum atomic E-state index is 12.2. The van der Waals surface area contributed by atoms with Crippen molar-refractivity contribution in [1.29, 1.82) is 0 Å². The second-order valence-corrected chi connectivity index (χ2v) is 7.84. The van der Waals surface area contributed by atoms with Crippen LogP contribution in [0.5, 0.6) is 0 Å². The molecule has 0 aromatic carbocycles. The van der Waals surface area contributed by atoms with Gasteiger partial charge in [0.2, 0.25) is 0 Å². The number of esters is 1. The van der Waals surface area contributed by atoms with E-state index in [9.17, 15) is 14.7 Å². The highest BCUT2D eigenvalue weighted by Crippen LogP contribution is 2.34. The Labute approximate surface area is 164 Å². The van der Waals surface area contributed by atoms with Gasteiger partial charge in [0.25, 0.3) is 0 Å². The average Bonchev–Trinajstić information content (AvgIpc) is 2.95. The number of hydrogen-bond acceptors (Lipinski definition) is 5.